The number of hydrogen-bond acceptors (Lipinski definition) is 3. The van der Waals surface area contributed by atoms with Crippen LogP contribution in [0.1, 0.15) is 22.3 Å². The van der Waals surface area contributed by atoms with E-state index in [1.165, 1.54) is 11.1 Å². The van der Waals surface area contributed by atoms with E-state index in [2.05, 4.69) is 43.1 Å². The number of oxazole rings is 1. The normalized spacial score (nSPS) is 10.8. The van der Waals surface area contributed by atoms with Gasteiger partial charge in [-0.05, 0) is 53.8 Å². The number of ketones is 1. The van der Waals surface area contributed by atoms with Crippen LogP contribution in [0.25, 0.3) is 22.6 Å². The fourth-order valence-corrected chi connectivity index (χ4v) is 3.46. The number of benzene rings is 3. The lowest BCUT2D eigenvalue weighted by Gasteiger charge is -2.09. The van der Waals surface area contributed by atoms with Crippen molar-refractivity contribution in [3.8, 4) is 22.6 Å². The maximum absolute atomic E-state index is 12.4. The first-order chi connectivity index (χ1) is 14.1. The Hall–Kier alpha value is -3.46. The van der Waals surface area contributed by atoms with Crippen LogP contribution in [0.2, 0.25) is 0 Å². The Balaban J connectivity index is 1.48. The van der Waals surface area contributed by atoms with Gasteiger partial charge >= 0.3 is 0 Å². The summed E-state index contributed by atoms with van der Waals surface area (Å²) in [5.41, 5.74) is 7.70. The third kappa shape index (κ3) is 4.52. The molecule has 0 radical (unpaired) electrons. The molecule has 0 saturated carbocycles. The molecule has 0 aliphatic rings. The third-order valence-corrected chi connectivity index (χ3v) is 5.10. The molecule has 3 aromatic carbocycles. The van der Waals surface area contributed by atoms with E-state index in [9.17, 15) is 4.79 Å². The lowest BCUT2D eigenvalue weighted by molar-refractivity contribution is -0.117. The molecule has 0 aliphatic carbocycles. The number of Topliss-reactive ketones (excluding diaryl/α,β-unsaturated/α-hetero) is 1. The monoisotopic (exact) mass is 381 g/mol. The van der Waals surface area contributed by atoms with Crippen molar-refractivity contribution in [2.45, 2.75) is 26.7 Å². The minimum absolute atomic E-state index is 0.226. The van der Waals surface area contributed by atoms with E-state index >= 15 is 0 Å². The molecular weight excluding hydrogens is 358 g/mol. The zero-order valence-electron chi connectivity index (χ0n) is 16.7. The van der Waals surface area contributed by atoms with E-state index in [1.807, 2.05) is 42.5 Å². The summed E-state index contributed by atoms with van der Waals surface area (Å²) in [6.45, 7) is 4.14. The van der Waals surface area contributed by atoms with Gasteiger partial charge in [0.05, 0.1) is 6.20 Å². The van der Waals surface area contributed by atoms with Gasteiger partial charge in [0.1, 0.15) is 12.0 Å². The van der Waals surface area contributed by atoms with Gasteiger partial charge in [-0.3, -0.25) is 4.79 Å². The molecule has 0 bridgehead atoms. The molecule has 4 rings (SSSR count). The first kappa shape index (κ1) is 18.9. The fourth-order valence-electron chi connectivity index (χ4n) is 3.46. The lowest BCUT2D eigenvalue weighted by Crippen LogP contribution is -2.06. The van der Waals surface area contributed by atoms with Crippen LogP contribution in [0.5, 0.6) is 0 Å². The maximum Gasteiger partial charge on any atom is 0.225 e. The Morgan fingerprint density at radius 3 is 2.07 bits per heavy atom. The van der Waals surface area contributed by atoms with Crippen LogP contribution in [0.4, 0.5) is 0 Å². The molecule has 29 heavy (non-hydrogen) atoms. The predicted molar refractivity (Wildman–Crippen MR) is 116 cm³/mol. The Kier molecular flexibility index (Phi) is 5.39. The molecule has 0 unspecified atom stereocenters. The molecule has 3 nitrogen and oxygen atoms in total. The second kappa shape index (κ2) is 8.27. The second-order valence-corrected chi connectivity index (χ2v) is 7.44. The highest BCUT2D eigenvalue weighted by atomic mass is 16.3. The van der Waals surface area contributed by atoms with Gasteiger partial charge in [-0.15, -0.1) is 0 Å². The van der Waals surface area contributed by atoms with E-state index < -0.39 is 0 Å². The van der Waals surface area contributed by atoms with Crippen LogP contribution >= 0.6 is 0 Å². The fraction of sp³-hybridized carbons (Fsp3) is 0.154. The maximum atomic E-state index is 12.4. The summed E-state index contributed by atoms with van der Waals surface area (Å²) < 4.78 is 5.42. The highest BCUT2D eigenvalue weighted by Crippen LogP contribution is 2.29. The molecule has 1 aromatic heterocycles. The molecule has 3 heteroatoms. The summed E-state index contributed by atoms with van der Waals surface area (Å²) in [7, 11) is 0. The first-order valence-electron chi connectivity index (χ1n) is 9.75. The minimum atomic E-state index is 0.226. The van der Waals surface area contributed by atoms with Crippen LogP contribution in [-0.4, -0.2) is 10.8 Å². The molecule has 0 saturated heterocycles. The van der Waals surface area contributed by atoms with Crippen LogP contribution < -0.4 is 0 Å². The van der Waals surface area contributed by atoms with Gasteiger partial charge in [-0.25, -0.2) is 4.98 Å². The van der Waals surface area contributed by atoms with Gasteiger partial charge in [0.15, 0.2) is 0 Å². The van der Waals surface area contributed by atoms with Crippen LogP contribution in [0, 0.1) is 13.8 Å². The number of rotatable bonds is 6. The molecule has 0 N–H and O–H groups in total. The quantitative estimate of drug-likeness (QED) is 0.413. The third-order valence-electron chi connectivity index (χ3n) is 5.10. The number of carbonyl (C=O) groups excluding carboxylic acids is 1. The van der Waals surface area contributed by atoms with Crippen molar-refractivity contribution in [3.05, 3.63) is 101 Å². The van der Waals surface area contributed by atoms with Crippen LogP contribution in [-0.2, 0) is 17.6 Å². The van der Waals surface area contributed by atoms with Crippen molar-refractivity contribution in [1.29, 1.82) is 0 Å². The van der Waals surface area contributed by atoms with Crippen molar-refractivity contribution < 1.29 is 9.21 Å². The molecule has 0 fully saturated rings. The van der Waals surface area contributed by atoms with Gasteiger partial charge in [-0.1, -0.05) is 60.2 Å². The Morgan fingerprint density at radius 2 is 1.45 bits per heavy atom. The van der Waals surface area contributed by atoms with E-state index in [4.69, 9.17) is 4.42 Å². The van der Waals surface area contributed by atoms with Crippen molar-refractivity contribution in [2.75, 3.05) is 0 Å². The second-order valence-electron chi connectivity index (χ2n) is 7.44. The van der Waals surface area contributed by atoms with Gasteiger partial charge in [-0.2, -0.15) is 0 Å². The highest BCUT2D eigenvalue weighted by molar-refractivity contribution is 5.83. The predicted octanol–water partition coefficient (Wildman–Crippen LogP) is 5.98. The highest BCUT2D eigenvalue weighted by Gasteiger charge is 2.09. The topological polar surface area (TPSA) is 43.1 Å². The summed E-state index contributed by atoms with van der Waals surface area (Å²) in [5, 5.41) is 0. The van der Waals surface area contributed by atoms with Crippen molar-refractivity contribution >= 4 is 5.78 Å². The SMILES string of the molecule is Cc1ccc(CC(=O)Cc2ccc(-c3cc(-c4ncco4)ccc3C)cc2)cc1. The molecule has 0 amide bonds. The summed E-state index contributed by atoms with van der Waals surface area (Å²) in [4.78, 5) is 16.7. The van der Waals surface area contributed by atoms with E-state index in [0.29, 0.717) is 18.7 Å². The average molecular weight is 381 g/mol. The molecule has 144 valence electrons. The van der Waals surface area contributed by atoms with Crippen LogP contribution in [0.3, 0.4) is 0 Å². The molecule has 0 aliphatic heterocycles. The smallest absolute Gasteiger partial charge is 0.225 e. The van der Waals surface area contributed by atoms with Gasteiger partial charge in [0.25, 0.3) is 0 Å². The van der Waals surface area contributed by atoms with Gasteiger partial charge in [0, 0.05) is 18.4 Å². The first-order valence-corrected chi connectivity index (χ1v) is 9.75. The zero-order valence-corrected chi connectivity index (χ0v) is 16.7. The van der Waals surface area contributed by atoms with Gasteiger partial charge < -0.3 is 4.42 Å². The van der Waals surface area contributed by atoms with Crippen molar-refractivity contribution in [2.24, 2.45) is 0 Å². The molecule has 0 atom stereocenters. The standard InChI is InChI=1S/C26H23NO2/c1-18-3-6-20(7-4-18)15-24(28)16-21-8-11-22(12-9-21)25-17-23(10-5-19(25)2)26-27-13-14-29-26/h3-14,17H,15-16H2,1-2H3. The van der Waals surface area contributed by atoms with Crippen molar-refractivity contribution in [1.82, 2.24) is 4.98 Å². The van der Waals surface area contributed by atoms with Crippen molar-refractivity contribution in [3.63, 3.8) is 0 Å². The molecule has 0 spiro atoms. The van der Waals surface area contributed by atoms with Gasteiger partial charge in [0.2, 0.25) is 5.89 Å². The Labute approximate surface area is 171 Å². The molecule has 4 aromatic rings. The number of carbonyl (C=O) groups is 1. The summed E-state index contributed by atoms with van der Waals surface area (Å²) in [5.74, 6) is 0.841. The van der Waals surface area contributed by atoms with Crippen LogP contribution in [0.15, 0.2) is 83.6 Å². The minimum Gasteiger partial charge on any atom is -0.445 e. The lowest BCUT2D eigenvalue weighted by atomic mass is 9.96. The zero-order chi connectivity index (χ0) is 20.2. The average Bonchev–Trinajstić information content (AvgIpc) is 3.26. The number of aryl methyl sites for hydroxylation is 2. The Morgan fingerprint density at radius 1 is 0.828 bits per heavy atom. The number of hydrogen-bond donors (Lipinski definition) is 0. The molecule has 1 heterocycles. The molecular formula is C26H23NO2. The summed E-state index contributed by atoms with van der Waals surface area (Å²) in [6, 6.07) is 22.6. The van der Waals surface area contributed by atoms with E-state index in [0.717, 1.165) is 27.8 Å². The summed E-state index contributed by atoms with van der Waals surface area (Å²) in [6.07, 6.45) is 4.15. The summed E-state index contributed by atoms with van der Waals surface area (Å²) >= 11 is 0. The Bertz CT molecular complexity index is 1110. The number of aromatic nitrogens is 1. The van der Waals surface area contributed by atoms with E-state index in [1.54, 1.807) is 12.5 Å². The number of nitrogens with zero attached hydrogens (tertiary/aromatic N) is 1. The largest absolute Gasteiger partial charge is 0.445 e. The van der Waals surface area contributed by atoms with E-state index in [-0.39, 0.29) is 5.78 Å².